The predicted molar refractivity (Wildman–Crippen MR) is 56.6 cm³/mol. The van der Waals surface area contributed by atoms with Gasteiger partial charge in [-0.15, -0.1) is 10.2 Å². The molecule has 1 amide bonds. The van der Waals surface area contributed by atoms with Crippen molar-refractivity contribution < 1.29 is 4.79 Å². The van der Waals surface area contributed by atoms with Crippen molar-refractivity contribution in [1.82, 2.24) is 10.2 Å². The third kappa shape index (κ3) is 2.36. The highest BCUT2D eigenvalue weighted by atomic mass is 32.1. The normalized spacial score (nSPS) is 10.0. The lowest BCUT2D eigenvalue weighted by atomic mass is 10.2. The first-order chi connectivity index (χ1) is 6.84. The van der Waals surface area contributed by atoms with E-state index in [9.17, 15) is 4.79 Å². The number of carbonyl (C=O) groups excluding carboxylic acids is 1. The van der Waals surface area contributed by atoms with Gasteiger partial charge in [0.2, 0.25) is 11.0 Å². The molecule has 4 nitrogen and oxygen atoms in total. The van der Waals surface area contributed by atoms with Crippen LogP contribution in [0, 0.1) is 0 Å². The van der Waals surface area contributed by atoms with Crippen molar-refractivity contribution in [3.05, 3.63) is 27.9 Å². The van der Waals surface area contributed by atoms with E-state index >= 15 is 0 Å². The molecule has 0 saturated heterocycles. The molecule has 0 spiro atoms. The van der Waals surface area contributed by atoms with Crippen LogP contribution < -0.4 is 5.32 Å². The van der Waals surface area contributed by atoms with Crippen molar-refractivity contribution in [1.29, 1.82) is 0 Å². The SMILES string of the molecule is O=C(Cc1ccsc1)Nc1nncs1. The summed E-state index contributed by atoms with van der Waals surface area (Å²) in [6.07, 6.45) is 0.392. The van der Waals surface area contributed by atoms with Crippen LogP contribution in [0.15, 0.2) is 22.3 Å². The van der Waals surface area contributed by atoms with Crippen LogP contribution in [-0.2, 0) is 11.2 Å². The molecule has 0 unspecified atom stereocenters. The number of rotatable bonds is 3. The summed E-state index contributed by atoms with van der Waals surface area (Å²) in [4.78, 5) is 11.4. The highest BCUT2D eigenvalue weighted by molar-refractivity contribution is 7.13. The van der Waals surface area contributed by atoms with Crippen molar-refractivity contribution in [2.75, 3.05) is 5.32 Å². The van der Waals surface area contributed by atoms with E-state index in [0.29, 0.717) is 11.6 Å². The fraction of sp³-hybridized carbons (Fsp3) is 0.125. The van der Waals surface area contributed by atoms with Gasteiger partial charge in [-0.3, -0.25) is 4.79 Å². The van der Waals surface area contributed by atoms with Crippen LogP contribution in [-0.4, -0.2) is 16.1 Å². The zero-order valence-corrected chi connectivity index (χ0v) is 8.77. The van der Waals surface area contributed by atoms with Crippen LogP contribution in [0.2, 0.25) is 0 Å². The van der Waals surface area contributed by atoms with Gasteiger partial charge in [-0.2, -0.15) is 11.3 Å². The second kappa shape index (κ2) is 4.30. The monoisotopic (exact) mass is 225 g/mol. The van der Waals surface area contributed by atoms with E-state index < -0.39 is 0 Å². The molecule has 0 atom stereocenters. The minimum atomic E-state index is -0.0554. The molecule has 2 aromatic heterocycles. The van der Waals surface area contributed by atoms with Gasteiger partial charge in [0.05, 0.1) is 6.42 Å². The number of thiophene rings is 1. The molecule has 0 aliphatic rings. The first kappa shape index (κ1) is 9.29. The molecule has 1 N–H and O–H groups in total. The summed E-state index contributed by atoms with van der Waals surface area (Å²) in [5, 5.41) is 14.5. The van der Waals surface area contributed by atoms with Crippen LogP contribution in [0.4, 0.5) is 5.13 Å². The Morgan fingerprint density at radius 2 is 2.50 bits per heavy atom. The lowest BCUT2D eigenvalue weighted by Crippen LogP contribution is -2.13. The van der Waals surface area contributed by atoms with Crippen molar-refractivity contribution in [2.24, 2.45) is 0 Å². The molecular weight excluding hydrogens is 218 g/mol. The number of nitrogens with one attached hydrogen (secondary N) is 1. The van der Waals surface area contributed by atoms with Gasteiger partial charge in [-0.25, -0.2) is 0 Å². The molecule has 0 bridgehead atoms. The zero-order chi connectivity index (χ0) is 9.80. The second-order valence-corrected chi connectivity index (χ2v) is 4.21. The second-order valence-electron chi connectivity index (χ2n) is 2.60. The first-order valence-electron chi connectivity index (χ1n) is 3.91. The maximum absolute atomic E-state index is 11.4. The molecule has 2 aromatic rings. The number of nitrogens with zero attached hydrogens (tertiary/aromatic N) is 2. The Labute approximate surface area is 88.6 Å². The third-order valence-corrected chi connectivity index (χ3v) is 2.89. The standard InChI is InChI=1S/C8H7N3OS2/c12-7(3-6-1-2-13-4-6)10-8-11-9-5-14-8/h1-2,4-5H,3H2,(H,10,11,12). The van der Waals surface area contributed by atoms with E-state index in [4.69, 9.17) is 0 Å². The van der Waals surface area contributed by atoms with Gasteiger partial charge >= 0.3 is 0 Å². The predicted octanol–water partition coefficient (Wildman–Crippen LogP) is 1.78. The summed E-state index contributed by atoms with van der Waals surface area (Å²) in [7, 11) is 0. The quantitative estimate of drug-likeness (QED) is 0.866. The Bertz CT molecular complexity index is 358. The number of carbonyl (C=O) groups is 1. The fourth-order valence-electron chi connectivity index (χ4n) is 0.970. The van der Waals surface area contributed by atoms with Gasteiger partial charge in [0, 0.05) is 0 Å². The maximum Gasteiger partial charge on any atom is 0.230 e. The van der Waals surface area contributed by atoms with Crippen LogP contribution in [0.1, 0.15) is 5.56 Å². The maximum atomic E-state index is 11.4. The third-order valence-electron chi connectivity index (χ3n) is 1.55. The highest BCUT2D eigenvalue weighted by Gasteiger charge is 2.05. The van der Waals surface area contributed by atoms with Crippen LogP contribution in [0.3, 0.4) is 0 Å². The number of hydrogen-bond donors (Lipinski definition) is 1. The minimum absolute atomic E-state index is 0.0554. The summed E-state index contributed by atoms with van der Waals surface area (Å²) >= 11 is 2.90. The summed E-state index contributed by atoms with van der Waals surface area (Å²) in [6.45, 7) is 0. The summed E-state index contributed by atoms with van der Waals surface area (Å²) < 4.78 is 0. The molecular formula is C8H7N3OS2. The fourth-order valence-corrected chi connectivity index (χ4v) is 2.10. The van der Waals surface area contributed by atoms with E-state index in [2.05, 4.69) is 15.5 Å². The van der Waals surface area contributed by atoms with Gasteiger partial charge < -0.3 is 5.32 Å². The molecule has 2 rings (SSSR count). The molecule has 0 radical (unpaired) electrons. The Balaban J connectivity index is 1.91. The molecule has 6 heteroatoms. The van der Waals surface area contributed by atoms with Crippen molar-refractivity contribution in [2.45, 2.75) is 6.42 Å². The van der Waals surface area contributed by atoms with Gasteiger partial charge in [0.25, 0.3) is 0 Å². The number of anilines is 1. The molecule has 0 aliphatic carbocycles. The molecule has 72 valence electrons. The average Bonchev–Trinajstić information content (AvgIpc) is 2.76. The molecule has 0 fully saturated rings. The smallest absolute Gasteiger partial charge is 0.230 e. The minimum Gasteiger partial charge on any atom is -0.300 e. The van der Waals surface area contributed by atoms with Crippen molar-refractivity contribution in [3.8, 4) is 0 Å². The molecule has 14 heavy (non-hydrogen) atoms. The topological polar surface area (TPSA) is 54.9 Å². The molecule has 0 aromatic carbocycles. The van der Waals surface area contributed by atoms with Crippen molar-refractivity contribution >= 4 is 33.7 Å². The van der Waals surface area contributed by atoms with Gasteiger partial charge in [-0.05, 0) is 22.4 Å². The van der Waals surface area contributed by atoms with Crippen LogP contribution in [0.5, 0.6) is 0 Å². The molecule has 2 heterocycles. The van der Waals surface area contributed by atoms with Crippen molar-refractivity contribution in [3.63, 3.8) is 0 Å². The van der Waals surface area contributed by atoms with E-state index in [0.717, 1.165) is 5.56 Å². The van der Waals surface area contributed by atoms with E-state index in [-0.39, 0.29) is 5.91 Å². The lowest BCUT2D eigenvalue weighted by molar-refractivity contribution is -0.115. The van der Waals surface area contributed by atoms with Gasteiger partial charge in [0.15, 0.2) is 0 Å². The average molecular weight is 225 g/mol. The summed E-state index contributed by atoms with van der Waals surface area (Å²) in [5.74, 6) is -0.0554. The molecule has 0 aliphatic heterocycles. The zero-order valence-electron chi connectivity index (χ0n) is 7.14. The van der Waals surface area contributed by atoms with Crippen LogP contribution >= 0.6 is 22.7 Å². The van der Waals surface area contributed by atoms with E-state index in [1.165, 1.54) is 11.3 Å². The van der Waals surface area contributed by atoms with Crippen LogP contribution in [0.25, 0.3) is 0 Å². The Morgan fingerprint density at radius 1 is 1.57 bits per heavy atom. The summed E-state index contributed by atoms with van der Waals surface area (Å²) in [6, 6.07) is 1.93. The largest absolute Gasteiger partial charge is 0.300 e. The Hall–Kier alpha value is -1.27. The highest BCUT2D eigenvalue weighted by Crippen LogP contribution is 2.10. The number of hydrogen-bond acceptors (Lipinski definition) is 5. The number of aromatic nitrogens is 2. The molecule has 0 saturated carbocycles. The van der Waals surface area contributed by atoms with E-state index in [1.54, 1.807) is 16.8 Å². The lowest BCUT2D eigenvalue weighted by Gasteiger charge is -1.97. The Morgan fingerprint density at radius 3 is 3.14 bits per heavy atom. The number of amides is 1. The van der Waals surface area contributed by atoms with Gasteiger partial charge in [0.1, 0.15) is 5.51 Å². The first-order valence-corrected chi connectivity index (χ1v) is 5.74. The van der Waals surface area contributed by atoms with Gasteiger partial charge in [-0.1, -0.05) is 11.3 Å². The summed E-state index contributed by atoms with van der Waals surface area (Å²) in [5.41, 5.74) is 2.61. The van der Waals surface area contributed by atoms with E-state index in [1.807, 2.05) is 16.8 Å². The Kier molecular flexibility index (Phi) is 2.85.